The summed E-state index contributed by atoms with van der Waals surface area (Å²) in [5.74, 6) is -0.149. The molecule has 0 radical (unpaired) electrons. The van der Waals surface area contributed by atoms with Gasteiger partial charge in [0.25, 0.3) is 11.8 Å². The second kappa shape index (κ2) is 9.43. The van der Waals surface area contributed by atoms with Crippen LogP contribution < -0.4 is 15.4 Å². The van der Waals surface area contributed by atoms with Gasteiger partial charge in [0, 0.05) is 26.4 Å². The Kier molecular flexibility index (Phi) is 6.95. The molecule has 2 N–H and O–H groups in total. The SMILES string of the molecule is COc1c(Br)cc(Br)cc1C(=O)Nc1ccc(NC(=O)c2cccc(Cl)c2)cc1. The van der Waals surface area contributed by atoms with Crippen LogP contribution in [0, 0.1) is 0 Å². The van der Waals surface area contributed by atoms with E-state index in [0.717, 1.165) is 4.47 Å². The van der Waals surface area contributed by atoms with Crippen molar-refractivity contribution in [1.82, 2.24) is 0 Å². The van der Waals surface area contributed by atoms with Gasteiger partial charge in [0.15, 0.2) is 0 Å². The second-order valence-corrected chi connectivity index (χ2v) is 8.17. The minimum Gasteiger partial charge on any atom is -0.495 e. The molecule has 0 aliphatic carbocycles. The van der Waals surface area contributed by atoms with Gasteiger partial charge in [0.05, 0.1) is 17.1 Å². The lowest BCUT2D eigenvalue weighted by atomic mass is 10.1. The topological polar surface area (TPSA) is 67.4 Å². The van der Waals surface area contributed by atoms with Crippen molar-refractivity contribution in [2.75, 3.05) is 17.7 Å². The molecule has 2 amide bonds. The first-order valence-corrected chi connectivity index (χ1v) is 10.3. The van der Waals surface area contributed by atoms with Crippen LogP contribution >= 0.6 is 43.5 Å². The Morgan fingerprint density at radius 3 is 2.10 bits per heavy atom. The van der Waals surface area contributed by atoms with E-state index in [1.807, 2.05) is 0 Å². The Bertz CT molecular complexity index is 1070. The maximum absolute atomic E-state index is 12.7. The van der Waals surface area contributed by atoms with Gasteiger partial charge in [-0.05, 0) is 70.5 Å². The van der Waals surface area contributed by atoms with Gasteiger partial charge < -0.3 is 15.4 Å². The van der Waals surface area contributed by atoms with Gasteiger partial charge in [-0.25, -0.2) is 0 Å². The van der Waals surface area contributed by atoms with E-state index in [9.17, 15) is 9.59 Å². The van der Waals surface area contributed by atoms with Crippen molar-refractivity contribution in [2.24, 2.45) is 0 Å². The number of hydrogen-bond acceptors (Lipinski definition) is 3. The van der Waals surface area contributed by atoms with Crippen molar-refractivity contribution in [3.05, 3.63) is 85.8 Å². The van der Waals surface area contributed by atoms with E-state index < -0.39 is 0 Å². The number of halogens is 3. The highest BCUT2D eigenvalue weighted by atomic mass is 79.9. The number of amides is 2. The van der Waals surface area contributed by atoms with Crippen molar-refractivity contribution in [3.63, 3.8) is 0 Å². The Hall–Kier alpha value is -2.35. The van der Waals surface area contributed by atoms with Crippen molar-refractivity contribution >= 4 is 66.6 Å². The zero-order valence-electron chi connectivity index (χ0n) is 15.1. The van der Waals surface area contributed by atoms with Crippen LogP contribution in [0.3, 0.4) is 0 Å². The van der Waals surface area contributed by atoms with E-state index >= 15 is 0 Å². The summed E-state index contributed by atoms with van der Waals surface area (Å²) in [6, 6.07) is 17.0. The van der Waals surface area contributed by atoms with E-state index in [1.54, 1.807) is 60.7 Å². The fourth-order valence-electron chi connectivity index (χ4n) is 2.60. The minimum atomic E-state index is -0.320. The smallest absolute Gasteiger partial charge is 0.259 e. The molecule has 29 heavy (non-hydrogen) atoms. The van der Waals surface area contributed by atoms with E-state index in [0.29, 0.717) is 37.7 Å². The molecule has 0 aliphatic rings. The lowest BCUT2D eigenvalue weighted by Gasteiger charge is -2.12. The highest BCUT2D eigenvalue weighted by Gasteiger charge is 2.16. The number of benzene rings is 3. The first kappa shape index (κ1) is 21.4. The maximum atomic E-state index is 12.7. The fourth-order valence-corrected chi connectivity index (χ4v) is 4.18. The van der Waals surface area contributed by atoms with Crippen molar-refractivity contribution in [2.45, 2.75) is 0 Å². The molecule has 0 bridgehead atoms. The predicted octanol–water partition coefficient (Wildman–Crippen LogP) is 6.38. The highest BCUT2D eigenvalue weighted by molar-refractivity contribution is 9.11. The van der Waals surface area contributed by atoms with Gasteiger partial charge in [0.1, 0.15) is 5.75 Å². The summed E-state index contributed by atoms with van der Waals surface area (Å²) in [6.45, 7) is 0. The molecule has 3 rings (SSSR count). The first-order chi connectivity index (χ1) is 13.9. The number of methoxy groups -OCH3 is 1. The number of hydrogen-bond donors (Lipinski definition) is 2. The quantitative estimate of drug-likeness (QED) is 0.396. The van der Waals surface area contributed by atoms with Crippen LogP contribution in [-0.4, -0.2) is 18.9 Å². The molecule has 0 aromatic heterocycles. The van der Waals surface area contributed by atoms with Gasteiger partial charge in [-0.15, -0.1) is 0 Å². The third-order valence-corrected chi connectivity index (χ3v) is 5.23. The van der Waals surface area contributed by atoms with Gasteiger partial charge in [-0.1, -0.05) is 33.6 Å². The van der Waals surface area contributed by atoms with Gasteiger partial charge in [0.2, 0.25) is 0 Å². The summed E-state index contributed by atoms with van der Waals surface area (Å²) in [7, 11) is 1.50. The summed E-state index contributed by atoms with van der Waals surface area (Å²) in [6.07, 6.45) is 0. The van der Waals surface area contributed by atoms with Gasteiger partial charge in [-0.2, -0.15) is 0 Å². The summed E-state index contributed by atoms with van der Waals surface area (Å²) in [5.41, 5.74) is 2.01. The lowest BCUT2D eigenvalue weighted by molar-refractivity contribution is 0.101. The molecule has 0 spiro atoms. The number of carbonyl (C=O) groups excluding carboxylic acids is 2. The van der Waals surface area contributed by atoms with Crippen LogP contribution in [0.2, 0.25) is 5.02 Å². The third-order valence-electron chi connectivity index (χ3n) is 3.94. The van der Waals surface area contributed by atoms with Crippen molar-refractivity contribution in [1.29, 1.82) is 0 Å². The van der Waals surface area contributed by atoms with Crippen LogP contribution in [0.15, 0.2) is 69.6 Å². The molecule has 0 atom stereocenters. The molecule has 0 unspecified atom stereocenters. The van der Waals surface area contributed by atoms with Crippen LogP contribution in [0.4, 0.5) is 11.4 Å². The molecule has 8 heteroatoms. The van der Waals surface area contributed by atoms with Gasteiger partial charge >= 0.3 is 0 Å². The van der Waals surface area contributed by atoms with E-state index in [-0.39, 0.29) is 11.8 Å². The summed E-state index contributed by atoms with van der Waals surface area (Å²) >= 11 is 12.7. The monoisotopic (exact) mass is 536 g/mol. The number of rotatable bonds is 5. The summed E-state index contributed by atoms with van der Waals surface area (Å²) in [5, 5.41) is 6.10. The molecule has 3 aromatic carbocycles. The van der Waals surface area contributed by atoms with Crippen LogP contribution in [0.25, 0.3) is 0 Å². The Morgan fingerprint density at radius 2 is 1.52 bits per heavy atom. The van der Waals surface area contributed by atoms with E-state index in [4.69, 9.17) is 16.3 Å². The minimum absolute atomic E-state index is 0.270. The van der Waals surface area contributed by atoms with Gasteiger partial charge in [-0.3, -0.25) is 9.59 Å². The molecule has 3 aromatic rings. The maximum Gasteiger partial charge on any atom is 0.259 e. The second-order valence-electron chi connectivity index (χ2n) is 5.96. The molecule has 148 valence electrons. The molecule has 0 heterocycles. The standard InChI is InChI=1S/C21H15Br2ClN2O3/c1-29-19-17(10-13(22)11-18(19)23)21(28)26-16-7-5-15(6-8-16)25-20(27)12-3-2-4-14(24)9-12/h2-11H,1H3,(H,25,27)(H,26,28). The Morgan fingerprint density at radius 1 is 0.897 bits per heavy atom. The molecular formula is C21H15Br2ClN2O3. The molecular weight excluding hydrogens is 524 g/mol. The van der Waals surface area contributed by atoms with Crippen molar-refractivity contribution < 1.29 is 14.3 Å². The summed E-state index contributed by atoms with van der Waals surface area (Å²) < 4.78 is 6.73. The highest BCUT2D eigenvalue weighted by Crippen LogP contribution is 2.33. The number of carbonyl (C=O) groups is 2. The van der Waals surface area contributed by atoms with Crippen LogP contribution in [-0.2, 0) is 0 Å². The van der Waals surface area contributed by atoms with Crippen LogP contribution in [0.5, 0.6) is 5.75 Å². The number of ether oxygens (including phenoxy) is 1. The Balaban J connectivity index is 1.71. The third kappa shape index (κ3) is 5.38. The number of nitrogens with one attached hydrogen (secondary N) is 2. The molecule has 0 aliphatic heterocycles. The molecule has 5 nitrogen and oxygen atoms in total. The lowest BCUT2D eigenvalue weighted by Crippen LogP contribution is -2.14. The van der Waals surface area contributed by atoms with E-state index in [1.165, 1.54) is 7.11 Å². The van der Waals surface area contributed by atoms with Crippen molar-refractivity contribution in [3.8, 4) is 5.75 Å². The van der Waals surface area contributed by atoms with Crippen LogP contribution in [0.1, 0.15) is 20.7 Å². The molecule has 0 saturated heterocycles. The fraction of sp³-hybridized carbons (Fsp3) is 0.0476. The predicted molar refractivity (Wildman–Crippen MR) is 122 cm³/mol. The largest absolute Gasteiger partial charge is 0.495 e. The normalized spacial score (nSPS) is 10.3. The molecule has 0 saturated carbocycles. The first-order valence-electron chi connectivity index (χ1n) is 8.39. The zero-order chi connectivity index (χ0) is 21.0. The summed E-state index contributed by atoms with van der Waals surface area (Å²) in [4.78, 5) is 24.9. The molecule has 0 fully saturated rings. The van der Waals surface area contributed by atoms with E-state index in [2.05, 4.69) is 42.5 Å². The number of anilines is 2. The average Bonchev–Trinajstić information content (AvgIpc) is 2.69. The zero-order valence-corrected chi connectivity index (χ0v) is 19.1. The Labute approximate surface area is 189 Å². The average molecular weight is 539 g/mol.